The Hall–Kier alpha value is -6.87. The van der Waals surface area contributed by atoms with Gasteiger partial charge in [-0.25, -0.2) is 18.9 Å². The SMILES string of the molecule is O=C1CCC(N2C(=O)c3ccc(NCCOCCOCCOCCOCCC(=O)N4CCN(c5cccc(-c6cnc7ccc(N8CCC[C@@H]8c8cccc(F)c8)nn67)n5)CC4)cc3C2=O)C(=O)N1. The van der Waals surface area contributed by atoms with E-state index in [4.69, 9.17) is 29.0 Å². The summed E-state index contributed by atoms with van der Waals surface area (Å²) in [6, 6.07) is 20.5. The van der Waals surface area contributed by atoms with Crippen LogP contribution in [0.2, 0.25) is 0 Å². The number of hydrogen-bond acceptors (Lipinski definition) is 15. The lowest BCUT2D eigenvalue weighted by atomic mass is 10.0. The molecule has 2 aromatic carbocycles. The number of piperidine rings is 1. The van der Waals surface area contributed by atoms with Crippen LogP contribution in [-0.2, 0) is 33.3 Å². The third kappa shape index (κ3) is 11.0. The van der Waals surface area contributed by atoms with Gasteiger partial charge in [0.25, 0.3) is 11.8 Å². The van der Waals surface area contributed by atoms with Gasteiger partial charge in [-0.1, -0.05) is 18.2 Å². The number of anilines is 3. The van der Waals surface area contributed by atoms with E-state index in [1.54, 1.807) is 36.5 Å². The van der Waals surface area contributed by atoms with Crippen molar-refractivity contribution in [2.24, 2.45) is 0 Å². The fraction of sp³-hybridized carbons (Fsp3) is 0.429. The number of hydrogen-bond donors (Lipinski definition) is 2. The Bertz CT molecular complexity index is 2680. The second-order valence-electron chi connectivity index (χ2n) is 17.1. The van der Waals surface area contributed by atoms with Crippen LogP contribution in [0.3, 0.4) is 0 Å². The van der Waals surface area contributed by atoms with E-state index in [9.17, 15) is 28.4 Å². The Balaban J connectivity index is 0.611. The van der Waals surface area contributed by atoms with Crippen molar-refractivity contribution in [1.82, 2.24) is 34.7 Å². The maximum absolute atomic E-state index is 14.1. The number of imidazole rings is 1. The molecular formula is C49H55FN10O9. The van der Waals surface area contributed by atoms with Crippen LogP contribution < -0.4 is 20.4 Å². The van der Waals surface area contributed by atoms with Gasteiger partial charge in [-0.05, 0) is 79.4 Å². The van der Waals surface area contributed by atoms with Crippen molar-refractivity contribution in [3.8, 4) is 11.4 Å². The molecule has 5 aromatic rings. The second-order valence-corrected chi connectivity index (χ2v) is 17.1. The molecule has 20 heteroatoms. The van der Waals surface area contributed by atoms with E-state index < -0.39 is 29.7 Å². The zero-order valence-electron chi connectivity index (χ0n) is 38.2. The Morgan fingerprint density at radius 2 is 1.48 bits per heavy atom. The number of piperazine rings is 1. The number of pyridine rings is 1. The standard InChI is InChI=1S/C49H55FN10O9/c50-34-5-1-4-33(30-34)39-7-3-17-58(39)44-13-12-42-52-32-41(60(42)55-44)38-6-2-8-43(53-38)56-18-20-57(21-19-56)46(62)15-22-66-24-26-68-28-29-69-27-25-67-23-16-51-35-9-10-36-37(31-35)49(65)59(48(36)64)40-11-14-45(61)54-47(40)63/h1-2,4-6,8-10,12-13,30-32,39-40,51H,3,7,11,14-29H2,(H,54,61,63)/t39-,40?/m1/s1. The van der Waals surface area contributed by atoms with Crippen molar-refractivity contribution in [1.29, 1.82) is 0 Å². The van der Waals surface area contributed by atoms with Crippen LogP contribution in [0.4, 0.5) is 21.7 Å². The molecular weight excluding hydrogens is 892 g/mol. The van der Waals surface area contributed by atoms with Crippen LogP contribution in [0.1, 0.15) is 64.4 Å². The number of benzene rings is 2. The number of carbonyl (C=O) groups is 5. The van der Waals surface area contributed by atoms with Crippen LogP contribution in [-0.4, -0.2) is 157 Å². The lowest BCUT2D eigenvalue weighted by molar-refractivity contribution is -0.136. The van der Waals surface area contributed by atoms with Crippen molar-refractivity contribution in [2.45, 2.75) is 44.2 Å². The lowest BCUT2D eigenvalue weighted by Gasteiger charge is -2.35. The molecule has 9 rings (SSSR count). The molecule has 7 heterocycles. The number of halogens is 1. The highest BCUT2D eigenvalue weighted by Crippen LogP contribution is 2.36. The molecule has 1 unspecified atom stereocenters. The highest BCUT2D eigenvalue weighted by molar-refractivity contribution is 6.23. The Morgan fingerprint density at radius 3 is 2.25 bits per heavy atom. The van der Waals surface area contributed by atoms with Crippen molar-refractivity contribution in [3.05, 3.63) is 102 Å². The number of rotatable bonds is 21. The molecule has 0 bridgehead atoms. The van der Waals surface area contributed by atoms with Gasteiger partial charge < -0.3 is 39.0 Å². The fourth-order valence-electron chi connectivity index (χ4n) is 9.15. The first-order valence-corrected chi connectivity index (χ1v) is 23.5. The molecule has 19 nitrogen and oxygen atoms in total. The van der Waals surface area contributed by atoms with Gasteiger partial charge in [0, 0.05) is 51.4 Å². The van der Waals surface area contributed by atoms with Crippen LogP contribution in [0.15, 0.2) is 79.0 Å². The van der Waals surface area contributed by atoms with E-state index in [0.29, 0.717) is 96.9 Å². The lowest BCUT2D eigenvalue weighted by Crippen LogP contribution is -2.54. The smallest absolute Gasteiger partial charge is 0.262 e. The van der Waals surface area contributed by atoms with E-state index >= 15 is 0 Å². The van der Waals surface area contributed by atoms with Gasteiger partial charge in [-0.15, -0.1) is 5.10 Å². The molecule has 0 radical (unpaired) electrons. The molecule has 2 atom stereocenters. The molecule has 362 valence electrons. The first-order valence-electron chi connectivity index (χ1n) is 23.5. The summed E-state index contributed by atoms with van der Waals surface area (Å²) >= 11 is 0. The molecule has 0 aliphatic carbocycles. The number of aromatic nitrogens is 4. The van der Waals surface area contributed by atoms with Crippen molar-refractivity contribution in [2.75, 3.05) is 107 Å². The predicted octanol–water partition coefficient (Wildman–Crippen LogP) is 3.89. The van der Waals surface area contributed by atoms with Crippen LogP contribution >= 0.6 is 0 Å². The van der Waals surface area contributed by atoms with Gasteiger partial charge in [-0.2, -0.15) is 0 Å². The Morgan fingerprint density at radius 1 is 0.739 bits per heavy atom. The highest BCUT2D eigenvalue weighted by atomic mass is 19.1. The normalized spacial score (nSPS) is 18.4. The van der Waals surface area contributed by atoms with Crippen LogP contribution in [0, 0.1) is 5.82 Å². The first kappa shape index (κ1) is 47.2. The summed E-state index contributed by atoms with van der Waals surface area (Å²) in [5.41, 5.74) is 4.23. The van der Waals surface area contributed by atoms with E-state index in [-0.39, 0.29) is 48.2 Å². The van der Waals surface area contributed by atoms with Crippen molar-refractivity contribution >= 4 is 52.5 Å². The number of amides is 5. The summed E-state index contributed by atoms with van der Waals surface area (Å²) in [5.74, 6) is -0.735. The quantitative estimate of drug-likeness (QED) is 0.0792. The van der Waals surface area contributed by atoms with Gasteiger partial charge >= 0.3 is 0 Å². The summed E-state index contributed by atoms with van der Waals surface area (Å²) in [6.07, 6.45) is 4.15. The maximum atomic E-state index is 14.1. The van der Waals surface area contributed by atoms with Crippen molar-refractivity contribution < 1.29 is 47.3 Å². The summed E-state index contributed by atoms with van der Waals surface area (Å²) in [5, 5.41) is 10.4. The monoisotopic (exact) mass is 946 g/mol. The van der Waals surface area contributed by atoms with Crippen LogP contribution in [0.5, 0.6) is 0 Å². The summed E-state index contributed by atoms with van der Waals surface area (Å²) in [6.45, 7) is 6.70. The van der Waals surface area contributed by atoms with Gasteiger partial charge in [0.15, 0.2) is 5.65 Å². The number of carbonyl (C=O) groups excluding carboxylic acids is 5. The minimum absolute atomic E-state index is 0.0446. The fourth-order valence-corrected chi connectivity index (χ4v) is 9.15. The van der Waals surface area contributed by atoms with E-state index in [2.05, 4.69) is 25.4 Å². The molecule has 2 N–H and O–H groups in total. The van der Waals surface area contributed by atoms with Gasteiger partial charge in [0.1, 0.15) is 29.2 Å². The Labute approximate surface area is 397 Å². The van der Waals surface area contributed by atoms with E-state index in [0.717, 1.165) is 52.9 Å². The number of nitrogens with one attached hydrogen (secondary N) is 2. The first-order chi connectivity index (χ1) is 33.7. The summed E-state index contributed by atoms with van der Waals surface area (Å²) in [7, 11) is 0. The van der Waals surface area contributed by atoms with Gasteiger partial charge in [0.05, 0.1) is 88.3 Å². The van der Waals surface area contributed by atoms with Gasteiger partial charge in [0.2, 0.25) is 17.7 Å². The zero-order chi connectivity index (χ0) is 47.7. The molecule has 4 aliphatic heterocycles. The maximum Gasteiger partial charge on any atom is 0.262 e. The number of nitrogens with zero attached hydrogens (tertiary/aromatic N) is 8. The number of imide groups is 2. The second kappa shape index (κ2) is 22.0. The highest BCUT2D eigenvalue weighted by Gasteiger charge is 2.44. The molecule has 0 spiro atoms. The topological polar surface area (TPSA) is 202 Å². The molecule has 3 saturated heterocycles. The predicted molar refractivity (Wildman–Crippen MR) is 250 cm³/mol. The Kier molecular flexibility index (Phi) is 15.1. The van der Waals surface area contributed by atoms with E-state index in [1.165, 1.54) is 6.07 Å². The minimum Gasteiger partial charge on any atom is -0.383 e. The summed E-state index contributed by atoms with van der Waals surface area (Å²) < 4.78 is 38.4. The van der Waals surface area contributed by atoms with Crippen LogP contribution in [0.25, 0.3) is 17.0 Å². The molecule has 3 fully saturated rings. The molecule has 5 amide bonds. The van der Waals surface area contributed by atoms with E-state index in [1.807, 2.05) is 45.8 Å². The third-order valence-corrected chi connectivity index (χ3v) is 12.7. The molecule has 69 heavy (non-hydrogen) atoms. The molecule has 4 aliphatic rings. The average Bonchev–Trinajstić information content (AvgIpc) is 4.09. The minimum atomic E-state index is -1.01. The number of ether oxygens (including phenoxy) is 4. The summed E-state index contributed by atoms with van der Waals surface area (Å²) in [4.78, 5) is 79.6. The average molecular weight is 947 g/mol. The van der Waals surface area contributed by atoms with Gasteiger partial charge in [-0.3, -0.25) is 34.2 Å². The number of fused-ring (bicyclic) bond motifs is 2. The molecule has 3 aromatic heterocycles. The third-order valence-electron chi connectivity index (χ3n) is 12.7. The molecule has 0 saturated carbocycles. The zero-order valence-corrected chi connectivity index (χ0v) is 38.2. The van der Waals surface area contributed by atoms with Crippen molar-refractivity contribution in [3.63, 3.8) is 0 Å². The largest absolute Gasteiger partial charge is 0.383 e.